The largest absolute Gasteiger partial charge is 0.495 e. The number of anilines is 1. The molecule has 31 heavy (non-hydrogen) atoms. The number of ether oxygens (including phenoxy) is 1. The van der Waals surface area contributed by atoms with Gasteiger partial charge in [0.1, 0.15) is 11.8 Å². The fraction of sp³-hybridized carbons (Fsp3) is 0.136. The van der Waals surface area contributed by atoms with Crippen molar-refractivity contribution in [3.05, 3.63) is 88.4 Å². The van der Waals surface area contributed by atoms with E-state index in [-0.39, 0.29) is 16.3 Å². The smallest absolute Gasteiger partial charge is 0.242 e. The summed E-state index contributed by atoms with van der Waals surface area (Å²) >= 11 is 12.2. The zero-order valence-electron chi connectivity index (χ0n) is 16.5. The van der Waals surface area contributed by atoms with Gasteiger partial charge >= 0.3 is 0 Å². The monoisotopic (exact) mass is 478 g/mol. The summed E-state index contributed by atoms with van der Waals surface area (Å²) in [5.41, 5.74) is 1.18. The summed E-state index contributed by atoms with van der Waals surface area (Å²) in [4.78, 5) is 12.9. The number of amides is 1. The summed E-state index contributed by atoms with van der Waals surface area (Å²) < 4.78 is 33.5. The van der Waals surface area contributed by atoms with Crippen LogP contribution in [0.4, 0.5) is 5.69 Å². The Kier molecular flexibility index (Phi) is 7.56. The number of carbonyl (C=O) groups is 1. The summed E-state index contributed by atoms with van der Waals surface area (Å²) in [6.45, 7) is 0. The van der Waals surface area contributed by atoms with Crippen LogP contribution in [0.2, 0.25) is 10.0 Å². The molecule has 3 aromatic rings. The minimum absolute atomic E-state index is 0.0816. The van der Waals surface area contributed by atoms with E-state index in [1.165, 1.54) is 25.3 Å². The van der Waals surface area contributed by atoms with Crippen molar-refractivity contribution < 1.29 is 17.9 Å². The van der Waals surface area contributed by atoms with Crippen LogP contribution in [-0.4, -0.2) is 27.5 Å². The average molecular weight is 479 g/mol. The molecular weight excluding hydrogens is 459 g/mol. The fourth-order valence-electron chi connectivity index (χ4n) is 2.89. The number of rotatable bonds is 8. The number of methoxy groups -OCH3 is 1. The highest BCUT2D eigenvalue weighted by atomic mass is 35.5. The van der Waals surface area contributed by atoms with E-state index in [0.717, 1.165) is 5.56 Å². The number of benzene rings is 3. The van der Waals surface area contributed by atoms with Gasteiger partial charge in [0.2, 0.25) is 15.9 Å². The molecule has 0 radical (unpaired) electrons. The number of para-hydroxylation sites is 1. The van der Waals surface area contributed by atoms with Crippen LogP contribution in [0.3, 0.4) is 0 Å². The van der Waals surface area contributed by atoms with Crippen molar-refractivity contribution in [3.8, 4) is 5.75 Å². The molecule has 1 amide bonds. The third kappa shape index (κ3) is 5.98. The lowest BCUT2D eigenvalue weighted by molar-refractivity contribution is -0.117. The Labute approximate surface area is 191 Å². The third-order valence-electron chi connectivity index (χ3n) is 4.46. The van der Waals surface area contributed by atoms with Crippen LogP contribution < -0.4 is 14.8 Å². The van der Waals surface area contributed by atoms with E-state index >= 15 is 0 Å². The number of hydrogen-bond acceptors (Lipinski definition) is 4. The van der Waals surface area contributed by atoms with Crippen LogP contribution >= 0.6 is 23.2 Å². The Bertz CT molecular complexity index is 1170. The van der Waals surface area contributed by atoms with Gasteiger partial charge in [-0.05, 0) is 42.3 Å². The highest BCUT2D eigenvalue weighted by molar-refractivity contribution is 7.89. The van der Waals surface area contributed by atoms with Crippen molar-refractivity contribution in [1.82, 2.24) is 4.72 Å². The normalized spacial score (nSPS) is 12.2. The molecule has 0 unspecified atom stereocenters. The summed E-state index contributed by atoms with van der Waals surface area (Å²) in [7, 11) is -2.63. The van der Waals surface area contributed by atoms with Gasteiger partial charge in [-0.15, -0.1) is 0 Å². The lowest BCUT2D eigenvalue weighted by atomic mass is 10.1. The van der Waals surface area contributed by atoms with E-state index in [0.29, 0.717) is 16.5 Å². The quantitative estimate of drug-likeness (QED) is 0.497. The summed E-state index contributed by atoms with van der Waals surface area (Å²) in [5, 5.41) is 3.18. The molecular formula is C22H20Cl2N2O4S. The lowest BCUT2D eigenvalue weighted by Crippen LogP contribution is -2.45. The number of halogens is 2. The van der Waals surface area contributed by atoms with Crippen molar-refractivity contribution in [2.24, 2.45) is 0 Å². The first-order valence-corrected chi connectivity index (χ1v) is 11.5. The van der Waals surface area contributed by atoms with Crippen molar-refractivity contribution in [2.45, 2.75) is 17.4 Å². The Morgan fingerprint density at radius 2 is 1.65 bits per heavy atom. The standard InChI is InChI=1S/C22H20Cl2N2O4S/c1-30-21-12-11-16(14-18(21)24)31(28,29)26-20(13-15-7-3-2-4-8-15)22(27)25-19-10-6-5-9-17(19)23/h2-12,14,20,26H,13H2,1H3,(H,25,27)/t20-/m1/s1. The molecule has 0 spiro atoms. The minimum Gasteiger partial charge on any atom is -0.495 e. The molecule has 0 saturated carbocycles. The van der Waals surface area contributed by atoms with Crippen molar-refractivity contribution in [1.29, 1.82) is 0 Å². The molecule has 0 fully saturated rings. The zero-order chi connectivity index (χ0) is 22.4. The zero-order valence-corrected chi connectivity index (χ0v) is 18.8. The molecule has 0 aromatic heterocycles. The Morgan fingerprint density at radius 1 is 0.968 bits per heavy atom. The van der Waals surface area contributed by atoms with Gasteiger partial charge in [-0.3, -0.25) is 4.79 Å². The SMILES string of the molecule is COc1ccc(S(=O)(=O)N[C@H](Cc2ccccc2)C(=O)Nc2ccccc2Cl)cc1Cl. The van der Waals surface area contributed by atoms with Gasteiger partial charge in [-0.1, -0.05) is 65.7 Å². The van der Waals surface area contributed by atoms with Gasteiger partial charge in [0, 0.05) is 0 Å². The molecule has 0 aliphatic rings. The summed E-state index contributed by atoms with van der Waals surface area (Å²) in [5.74, 6) is -0.196. The molecule has 162 valence electrons. The Morgan fingerprint density at radius 3 is 2.29 bits per heavy atom. The molecule has 0 heterocycles. The van der Waals surface area contributed by atoms with Crippen molar-refractivity contribution >= 4 is 44.8 Å². The van der Waals surface area contributed by atoms with Crippen LogP contribution in [0.25, 0.3) is 0 Å². The fourth-order valence-corrected chi connectivity index (χ4v) is 4.62. The molecule has 1 atom stereocenters. The maximum atomic E-state index is 13.0. The van der Waals surface area contributed by atoms with Gasteiger partial charge in [0.25, 0.3) is 0 Å². The topological polar surface area (TPSA) is 84.5 Å². The minimum atomic E-state index is -4.06. The second-order valence-electron chi connectivity index (χ2n) is 6.63. The molecule has 0 bridgehead atoms. The number of nitrogens with one attached hydrogen (secondary N) is 2. The molecule has 9 heteroatoms. The van der Waals surface area contributed by atoms with E-state index in [2.05, 4.69) is 10.0 Å². The maximum absolute atomic E-state index is 13.0. The van der Waals surface area contributed by atoms with Gasteiger partial charge in [0.15, 0.2) is 0 Å². The van der Waals surface area contributed by atoms with E-state index in [4.69, 9.17) is 27.9 Å². The van der Waals surface area contributed by atoms with Crippen LogP contribution in [0.5, 0.6) is 5.75 Å². The molecule has 3 rings (SSSR count). The predicted molar refractivity (Wildman–Crippen MR) is 122 cm³/mol. The first kappa shape index (κ1) is 23.1. The molecule has 0 saturated heterocycles. The lowest BCUT2D eigenvalue weighted by Gasteiger charge is -2.19. The van der Waals surface area contributed by atoms with Crippen molar-refractivity contribution in [2.75, 3.05) is 12.4 Å². The second kappa shape index (κ2) is 10.2. The maximum Gasteiger partial charge on any atom is 0.242 e. The van der Waals surface area contributed by atoms with Crippen LogP contribution in [0.15, 0.2) is 77.7 Å². The predicted octanol–water partition coefficient (Wildman–Crippen LogP) is 4.53. The van der Waals surface area contributed by atoms with Gasteiger partial charge < -0.3 is 10.1 Å². The van der Waals surface area contributed by atoms with Gasteiger partial charge in [-0.25, -0.2) is 8.42 Å². The molecule has 6 nitrogen and oxygen atoms in total. The first-order chi connectivity index (χ1) is 14.8. The second-order valence-corrected chi connectivity index (χ2v) is 9.16. The van der Waals surface area contributed by atoms with Gasteiger partial charge in [-0.2, -0.15) is 4.72 Å². The number of sulfonamides is 1. The molecule has 0 aliphatic carbocycles. The third-order valence-corrected chi connectivity index (χ3v) is 6.56. The van der Waals surface area contributed by atoms with Crippen LogP contribution in [0, 0.1) is 0 Å². The van der Waals surface area contributed by atoms with E-state index in [9.17, 15) is 13.2 Å². The number of hydrogen-bond donors (Lipinski definition) is 2. The van der Waals surface area contributed by atoms with Crippen LogP contribution in [-0.2, 0) is 21.2 Å². The summed E-state index contributed by atoms with van der Waals surface area (Å²) in [6, 6.07) is 18.8. The number of carbonyl (C=O) groups excluding carboxylic acids is 1. The molecule has 2 N–H and O–H groups in total. The van der Waals surface area contributed by atoms with Crippen LogP contribution in [0.1, 0.15) is 5.56 Å². The van der Waals surface area contributed by atoms with E-state index < -0.39 is 22.0 Å². The first-order valence-electron chi connectivity index (χ1n) is 9.25. The van der Waals surface area contributed by atoms with E-state index in [1.807, 2.05) is 30.3 Å². The summed E-state index contributed by atoms with van der Waals surface area (Å²) in [6.07, 6.45) is 0.139. The Balaban J connectivity index is 1.89. The molecule has 0 aliphatic heterocycles. The molecule has 3 aromatic carbocycles. The van der Waals surface area contributed by atoms with Crippen molar-refractivity contribution in [3.63, 3.8) is 0 Å². The van der Waals surface area contributed by atoms with E-state index in [1.54, 1.807) is 24.3 Å². The highest BCUT2D eigenvalue weighted by Crippen LogP contribution is 2.27. The Hall–Kier alpha value is -2.58. The average Bonchev–Trinajstić information content (AvgIpc) is 2.75. The highest BCUT2D eigenvalue weighted by Gasteiger charge is 2.27. The van der Waals surface area contributed by atoms with Gasteiger partial charge in [0.05, 0.1) is 27.7 Å².